The molecular formula is C8H8BrClN2O. The van der Waals surface area contributed by atoms with E-state index in [0.29, 0.717) is 5.69 Å². The Labute approximate surface area is 89.6 Å². The number of hydrogen-bond acceptors (Lipinski definition) is 2. The van der Waals surface area contributed by atoms with Gasteiger partial charge in [0.1, 0.15) is 5.38 Å². The molecule has 70 valence electrons. The number of carbonyl (C=O) groups is 1. The summed E-state index contributed by atoms with van der Waals surface area (Å²) in [6.07, 6.45) is 3.20. The van der Waals surface area contributed by atoms with Crippen molar-refractivity contribution in [3.8, 4) is 0 Å². The van der Waals surface area contributed by atoms with Gasteiger partial charge in [0.05, 0.1) is 10.2 Å². The predicted octanol–water partition coefficient (Wildman–Crippen LogP) is 2.41. The highest BCUT2D eigenvalue weighted by Gasteiger charge is 2.10. The van der Waals surface area contributed by atoms with Crippen LogP contribution >= 0.6 is 27.5 Å². The van der Waals surface area contributed by atoms with E-state index in [1.54, 1.807) is 25.4 Å². The average Bonchev–Trinajstić information content (AvgIpc) is 2.08. The standard InChI is InChI=1S/C8H8BrClN2O/c1-5(10)8(13)12-7-2-3-11-4-6(7)9/h2-5H,1H3,(H,11,12,13). The molecule has 1 unspecified atom stereocenters. The van der Waals surface area contributed by atoms with Gasteiger partial charge in [-0.05, 0) is 28.9 Å². The van der Waals surface area contributed by atoms with E-state index < -0.39 is 5.38 Å². The third kappa shape index (κ3) is 2.97. The van der Waals surface area contributed by atoms with Gasteiger partial charge < -0.3 is 5.32 Å². The van der Waals surface area contributed by atoms with Crippen molar-refractivity contribution in [2.75, 3.05) is 5.32 Å². The van der Waals surface area contributed by atoms with Crippen molar-refractivity contribution >= 4 is 39.1 Å². The smallest absolute Gasteiger partial charge is 0.242 e. The van der Waals surface area contributed by atoms with Crippen LogP contribution in [0.1, 0.15) is 6.92 Å². The molecule has 3 nitrogen and oxygen atoms in total. The Bertz CT molecular complexity index is 317. The number of amides is 1. The van der Waals surface area contributed by atoms with Crippen LogP contribution in [0, 0.1) is 0 Å². The van der Waals surface area contributed by atoms with Crippen LogP contribution in [0.5, 0.6) is 0 Å². The molecule has 1 aromatic heterocycles. The molecule has 1 N–H and O–H groups in total. The molecule has 0 aromatic carbocycles. The quantitative estimate of drug-likeness (QED) is 0.833. The van der Waals surface area contributed by atoms with Gasteiger partial charge in [-0.3, -0.25) is 9.78 Å². The summed E-state index contributed by atoms with van der Waals surface area (Å²) in [7, 11) is 0. The Morgan fingerprint density at radius 2 is 2.46 bits per heavy atom. The van der Waals surface area contributed by atoms with Crippen LogP contribution in [0.15, 0.2) is 22.9 Å². The van der Waals surface area contributed by atoms with E-state index in [4.69, 9.17) is 11.6 Å². The van der Waals surface area contributed by atoms with Crippen LogP contribution in [-0.2, 0) is 4.79 Å². The van der Waals surface area contributed by atoms with Crippen LogP contribution < -0.4 is 5.32 Å². The number of pyridine rings is 1. The molecule has 0 saturated carbocycles. The molecule has 0 aliphatic carbocycles. The number of alkyl halides is 1. The second-order valence-corrected chi connectivity index (χ2v) is 3.97. The number of hydrogen-bond donors (Lipinski definition) is 1. The molecule has 0 aliphatic heterocycles. The maximum Gasteiger partial charge on any atom is 0.242 e. The first-order chi connectivity index (χ1) is 6.11. The lowest BCUT2D eigenvalue weighted by molar-refractivity contribution is -0.115. The zero-order chi connectivity index (χ0) is 9.84. The lowest BCUT2D eigenvalue weighted by Gasteiger charge is -2.07. The van der Waals surface area contributed by atoms with Crippen molar-refractivity contribution in [1.82, 2.24) is 4.98 Å². The number of nitrogens with one attached hydrogen (secondary N) is 1. The van der Waals surface area contributed by atoms with E-state index in [0.717, 1.165) is 4.47 Å². The Hall–Kier alpha value is -0.610. The fourth-order valence-electron chi connectivity index (χ4n) is 0.709. The molecule has 13 heavy (non-hydrogen) atoms. The van der Waals surface area contributed by atoms with E-state index in [1.807, 2.05) is 0 Å². The van der Waals surface area contributed by atoms with E-state index in [-0.39, 0.29) is 5.91 Å². The summed E-state index contributed by atoms with van der Waals surface area (Å²) >= 11 is 8.84. The largest absolute Gasteiger partial charge is 0.324 e. The highest BCUT2D eigenvalue weighted by molar-refractivity contribution is 9.10. The maximum absolute atomic E-state index is 11.2. The minimum absolute atomic E-state index is 0.228. The fourth-order valence-corrected chi connectivity index (χ4v) is 1.11. The van der Waals surface area contributed by atoms with Crippen LogP contribution in [-0.4, -0.2) is 16.3 Å². The number of anilines is 1. The Balaban J connectivity index is 2.75. The summed E-state index contributed by atoms with van der Waals surface area (Å²) in [4.78, 5) is 15.0. The first kappa shape index (κ1) is 10.5. The molecule has 0 fully saturated rings. The minimum Gasteiger partial charge on any atom is -0.324 e. The highest BCUT2D eigenvalue weighted by atomic mass is 79.9. The Morgan fingerprint density at radius 3 is 3.00 bits per heavy atom. The topological polar surface area (TPSA) is 42.0 Å². The molecular weight excluding hydrogens is 255 g/mol. The first-order valence-electron chi connectivity index (χ1n) is 3.65. The highest BCUT2D eigenvalue weighted by Crippen LogP contribution is 2.20. The predicted molar refractivity (Wildman–Crippen MR) is 55.9 cm³/mol. The third-order valence-electron chi connectivity index (χ3n) is 1.39. The van der Waals surface area contributed by atoms with Crippen LogP contribution in [0.4, 0.5) is 5.69 Å². The number of carbonyl (C=O) groups excluding carboxylic acids is 1. The van der Waals surface area contributed by atoms with Gasteiger partial charge in [0.25, 0.3) is 0 Å². The monoisotopic (exact) mass is 262 g/mol. The van der Waals surface area contributed by atoms with Gasteiger partial charge in [-0.1, -0.05) is 0 Å². The van der Waals surface area contributed by atoms with Crippen molar-refractivity contribution in [3.05, 3.63) is 22.9 Å². The molecule has 0 spiro atoms. The van der Waals surface area contributed by atoms with Gasteiger partial charge in [0.2, 0.25) is 5.91 Å². The van der Waals surface area contributed by atoms with Crippen molar-refractivity contribution in [2.45, 2.75) is 12.3 Å². The maximum atomic E-state index is 11.2. The van der Waals surface area contributed by atoms with E-state index in [9.17, 15) is 4.79 Å². The van der Waals surface area contributed by atoms with Gasteiger partial charge in [0.15, 0.2) is 0 Å². The number of aromatic nitrogens is 1. The normalized spacial score (nSPS) is 12.2. The van der Waals surface area contributed by atoms with E-state index >= 15 is 0 Å². The summed E-state index contributed by atoms with van der Waals surface area (Å²) in [5.41, 5.74) is 0.674. The van der Waals surface area contributed by atoms with Gasteiger partial charge in [0, 0.05) is 12.4 Å². The average molecular weight is 264 g/mol. The molecule has 0 aliphatic rings. The van der Waals surface area contributed by atoms with Gasteiger partial charge in [-0.25, -0.2) is 0 Å². The molecule has 1 rings (SSSR count). The molecule has 0 radical (unpaired) electrons. The summed E-state index contributed by atoms with van der Waals surface area (Å²) in [6.45, 7) is 1.62. The molecule has 1 aromatic rings. The Morgan fingerprint density at radius 1 is 1.77 bits per heavy atom. The molecule has 0 bridgehead atoms. The molecule has 1 atom stereocenters. The Kier molecular flexibility index (Phi) is 3.69. The first-order valence-corrected chi connectivity index (χ1v) is 4.88. The molecule has 1 heterocycles. The van der Waals surface area contributed by atoms with Crippen molar-refractivity contribution in [1.29, 1.82) is 0 Å². The van der Waals surface area contributed by atoms with Crippen LogP contribution in [0.25, 0.3) is 0 Å². The lowest BCUT2D eigenvalue weighted by atomic mass is 10.3. The van der Waals surface area contributed by atoms with Gasteiger partial charge in [-0.2, -0.15) is 0 Å². The summed E-state index contributed by atoms with van der Waals surface area (Å²) < 4.78 is 0.737. The number of halogens is 2. The SMILES string of the molecule is CC(Cl)C(=O)Nc1ccncc1Br. The zero-order valence-electron chi connectivity index (χ0n) is 6.92. The summed E-state index contributed by atoms with van der Waals surface area (Å²) in [5, 5.41) is 2.11. The zero-order valence-corrected chi connectivity index (χ0v) is 9.26. The van der Waals surface area contributed by atoms with Crippen LogP contribution in [0.3, 0.4) is 0 Å². The fraction of sp³-hybridized carbons (Fsp3) is 0.250. The van der Waals surface area contributed by atoms with Crippen LogP contribution in [0.2, 0.25) is 0 Å². The molecule has 5 heteroatoms. The minimum atomic E-state index is -0.542. The third-order valence-corrected chi connectivity index (χ3v) is 2.22. The second-order valence-electron chi connectivity index (χ2n) is 2.46. The van der Waals surface area contributed by atoms with Crippen molar-refractivity contribution < 1.29 is 4.79 Å². The number of nitrogens with zero attached hydrogens (tertiary/aromatic N) is 1. The van der Waals surface area contributed by atoms with Crippen molar-refractivity contribution in [3.63, 3.8) is 0 Å². The van der Waals surface area contributed by atoms with Gasteiger partial charge >= 0.3 is 0 Å². The lowest BCUT2D eigenvalue weighted by Crippen LogP contribution is -2.20. The van der Waals surface area contributed by atoms with E-state index in [1.165, 1.54) is 0 Å². The summed E-state index contributed by atoms with van der Waals surface area (Å²) in [6, 6.07) is 1.70. The van der Waals surface area contributed by atoms with Gasteiger partial charge in [-0.15, -0.1) is 11.6 Å². The molecule has 1 amide bonds. The second kappa shape index (κ2) is 4.58. The molecule has 0 saturated heterocycles. The number of rotatable bonds is 2. The van der Waals surface area contributed by atoms with E-state index in [2.05, 4.69) is 26.2 Å². The van der Waals surface area contributed by atoms with Crippen molar-refractivity contribution in [2.24, 2.45) is 0 Å². The summed E-state index contributed by atoms with van der Waals surface area (Å²) in [5.74, 6) is -0.228.